The summed E-state index contributed by atoms with van der Waals surface area (Å²) in [5, 5.41) is 2.81. The number of rotatable bonds is 11. The average Bonchev–Trinajstić information content (AvgIpc) is 2.89. The molecule has 0 aliphatic rings. The molecule has 1 atom stereocenters. The Kier molecular flexibility index (Phi) is 9.41. The first kappa shape index (κ1) is 27.9. The number of sulfonamides is 1. The van der Waals surface area contributed by atoms with Gasteiger partial charge in [0.05, 0.1) is 10.6 Å². The highest BCUT2D eigenvalue weighted by atomic mass is 32.2. The van der Waals surface area contributed by atoms with E-state index < -0.39 is 34.3 Å². The number of benzene rings is 3. The maximum Gasteiger partial charge on any atom is 0.264 e. The van der Waals surface area contributed by atoms with Crippen molar-refractivity contribution in [2.75, 3.05) is 17.4 Å². The van der Waals surface area contributed by atoms with Gasteiger partial charge in [0.1, 0.15) is 18.4 Å². The summed E-state index contributed by atoms with van der Waals surface area (Å²) in [4.78, 5) is 27.9. The van der Waals surface area contributed by atoms with Gasteiger partial charge in [-0.3, -0.25) is 13.9 Å². The third-order valence-electron chi connectivity index (χ3n) is 5.88. The molecule has 0 saturated heterocycles. The lowest BCUT2D eigenvalue weighted by Crippen LogP contribution is -2.51. The van der Waals surface area contributed by atoms with E-state index in [-0.39, 0.29) is 23.0 Å². The number of hydrogen-bond donors (Lipinski definition) is 1. The van der Waals surface area contributed by atoms with E-state index in [2.05, 4.69) is 5.32 Å². The normalized spacial score (nSPS) is 12.0. The summed E-state index contributed by atoms with van der Waals surface area (Å²) in [6.45, 7) is 5.47. The summed E-state index contributed by atoms with van der Waals surface area (Å²) >= 11 is 0. The van der Waals surface area contributed by atoms with Gasteiger partial charge in [-0.05, 0) is 62.2 Å². The van der Waals surface area contributed by atoms with E-state index in [1.165, 1.54) is 29.2 Å². The minimum Gasteiger partial charge on any atom is -0.354 e. The molecule has 37 heavy (non-hydrogen) atoms. The molecular weight excluding hydrogens is 493 g/mol. The molecule has 0 bridgehead atoms. The second-order valence-electron chi connectivity index (χ2n) is 8.78. The van der Waals surface area contributed by atoms with E-state index >= 15 is 0 Å². The van der Waals surface area contributed by atoms with Gasteiger partial charge < -0.3 is 10.2 Å². The highest BCUT2D eigenvalue weighted by Gasteiger charge is 2.32. The van der Waals surface area contributed by atoms with Crippen LogP contribution in [0.15, 0.2) is 83.8 Å². The lowest BCUT2D eigenvalue weighted by atomic mass is 10.1. The van der Waals surface area contributed by atoms with Crippen molar-refractivity contribution >= 4 is 27.5 Å². The Morgan fingerprint density at radius 1 is 0.973 bits per heavy atom. The number of nitrogens with zero attached hydrogens (tertiary/aromatic N) is 2. The van der Waals surface area contributed by atoms with Gasteiger partial charge >= 0.3 is 0 Å². The van der Waals surface area contributed by atoms with Crippen LogP contribution in [0, 0.1) is 12.7 Å². The van der Waals surface area contributed by atoms with Crippen LogP contribution >= 0.6 is 0 Å². The Balaban J connectivity index is 2.00. The van der Waals surface area contributed by atoms with Crippen LogP contribution in [-0.2, 0) is 26.2 Å². The molecule has 0 aromatic heterocycles. The van der Waals surface area contributed by atoms with Gasteiger partial charge in [-0.15, -0.1) is 0 Å². The summed E-state index contributed by atoms with van der Waals surface area (Å²) in [5.41, 5.74) is 1.94. The predicted octanol–water partition coefficient (Wildman–Crippen LogP) is 4.27. The average molecular weight is 526 g/mol. The van der Waals surface area contributed by atoms with Crippen LogP contribution in [0.2, 0.25) is 0 Å². The smallest absolute Gasteiger partial charge is 0.264 e. The van der Waals surface area contributed by atoms with Crippen LogP contribution in [-0.4, -0.2) is 44.3 Å². The molecule has 0 fully saturated rings. The fourth-order valence-electron chi connectivity index (χ4n) is 3.84. The lowest BCUT2D eigenvalue weighted by Gasteiger charge is -2.32. The predicted molar refractivity (Wildman–Crippen MR) is 142 cm³/mol. The molecule has 2 amide bonds. The monoisotopic (exact) mass is 525 g/mol. The molecule has 0 unspecified atom stereocenters. The number of amides is 2. The first-order chi connectivity index (χ1) is 17.6. The summed E-state index contributed by atoms with van der Waals surface area (Å²) in [5.74, 6) is -1.43. The summed E-state index contributed by atoms with van der Waals surface area (Å²) in [6, 6.07) is 19.3. The van der Waals surface area contributed by atoms with Crippen molar-refractivity contribution in [2.45, 2.75) is 44.7 Å². The van der Waals surface area contributed by atoms with Crippen molar-refractivity contribution < 1.29 is 22.4 Å². The van der Waals surface area contributed by atoms with Crippen molar-refractivity contribution in [1.29, 1.82) is 0 Å². The van der Waals surface area contributed by atoms with E-state index in [0.717, 1.165) is 34.0 Å². The fourth-order valence-corrected chi connectivity index (χ4v) is 5.28. The molecule has 0 aliphatic carbocycles. The third-order valence-corrected chi connectivity index (χ3v) is 7.66. The molecule has 1 N–H and O–H groups in total. The zero-order valence-corrected chi connectivity index (χ0v) is 22.0. The molecule has 3 rings (SSSR count). The van der Waals surface area contributed by atoms with E-state index in [0.29, 0.717) is 6.54 Å². The van der Waals surface area contributed by atoms with Crippen molar-refractivity contribution in [2.24, 2.45) is 0 Å². The molecule has 0 spiro atoms. The fraction of sp³-hybridized carbons (Fsp3) is 0.286. The van der Waals surface area contributed by atoms with Crippen LogP contribution in [0.1, 0.15) is 31.4 Å². The Bertz CT molecular complexity index is 1310. The molecule has 0 aliphatic heterocycles. The lowest BCUT2D eigenvalue weighted by molar-refractivity contribution is -0.139. The van der Waals surface area contributed by atoms with Gasteiger partial charge in [-0.1, -0.05) is 55.0 Å². The topological polar surface area (TPSA) is 86.8 Å². The molecule has 0 heterocycles. The van der Waals surface area contributed by atoms with E-state index in [1.807, 2.05) is 38.1 Å². The van der Waals surface area contributed by atoms with E-state index in [1.54, 1.807) is 25.1 Å². The summed E-state index contributed by atoms with van der Waals surface area (Å²) in [6.07, 6.45) is 0.734. The first-order valence-corrected chi connectivity index (χ1v) is 13.5. The highest BCUT2D eigenvalue weighted by molar-refractivity contribution is 7.92. The summed E-state index contributed by atoms with van der Waals surface area (Å²) < 4.78 is 41.8. The van der Waals surface area contributed by atoms with Crippen LogP contribution < -0.4 is 9.62 Å². The standard InChI is InChI=1S/C28H32FN3O4S/c1-4-17-30-28(34)22(3)31(19-23-10-8-9-21(2)18-23)27(33)20-32(25-15-13-24(29)14-16-25)37(35,36)26-11-6-5-7-12-26/h5-16,18,22H,4,17,19-20H2,1-3H3,(H,30,34)/t22-/m1/s1. The summed E-state index contributed by atoms with van der Waals surface area (Å²) in [7, 11) is -4.17. The van der Waals surface area contributed by atoms with E-state index in [4.69, 9.17) is 0 Å². The van der Waals surface area contributed by atoms with Gasteiger partial charge in [0, 0.05) is 13.1 Å². The van der Waals surface area contributed by atoms with Crippen LogP contribution in [0.3, 0.4) is 0 Å². The number of hydrogen-bond acceptors (Lipinski definition) is 4. The number of nitrogens with one attached hydrogen (secondary N) is 1. The van der Waals surface area contributed by atoms with Crippen molar-refractivity contribution in [1.82, 2.24) is 10.2 Å². The van der Waals surface area contributed by atoms with Crippen LogP contribution in [0.25, 0.3) is 0 Å². The molecule has 3 aromatic carbocycles. The first-order valence-electron chi connectivity index (χ1n) is 12.1. The number of halogens is 1. The molecular formula is C28H32FN3O4S. The van der Waals surface area contributed by atoms with Crippen LogP contribution in [0.5, 0.6) is 0 Å². The Morgan fingerprint density at radius 3 is 2.27 bits per heavy atom. The zero-order chi connectivity index (χ0) is 27.0. The van der Waals surface area contributed by atoms with Gasteiger partial charge in [0.25, 0.3) is 10.0 Å². The van der Waals surface area contributed by atoms with Gasteiger partial charge in [0.15, 0.2) is 0 Å². The molecule has 3 aromatic rings. The minimum absolute atomic E-state index is 0.00824. The molecule has 9 heteroatoms. The van der Waals surface area contributed by atoms with Crippen molar-refractivity contribution in [3.8, 4) is 0 Å². The molecule has 7 nitrogen and oxygen atoms in total. The second-order valence-corrected chi connectivity index (χ2v) is 10.6. The number of aryl methyl sites for hydroxylation is 1. The van der Waals surface area contributed by atoms with E-state index in [9.17, 15) is 22.4 Å². The number of anilines is 1. The maximum atomic E-state index is 13.7. The molecule has 196 valence electrons. The van der Waals surface area contributed by atoms with Gasteiger partial charge in [0.2, 0.25) is 11.8 Å². The number of carbonyl (C=O) groups is 2. The molecule has 0 saturated carbocycles. The Hall–Kier alpha value is -3.72. The van der Waals surface area contributed by atoms with Crippen molar-refractivity contribution in [3.63, 3.8) is 0 Å². The van der Waals surface area contributed by atoms with Crippen molar-refractivity contribution in [3.05, 3.63) is 95.8 Å². The highest BCUT2D eigenvalue weighted by Crippen LogP contribution is 2.25. The third kappa shape index (κ3) is 7.16. The Morgan fingerprint density at radius 2 is 1.65 bits per heavy atom. The molecule has 0 radical (unpaired) electrons. The van der Waals surface area contributed by atoms with Gasteiger partial charge in [-0.2, -0.15) is 0 Å². The van der Waals surface area contributed by atoms with Crippen LogP contribution in [0.4, 0.5) is 10.1 Å². The SMILES string of the molecule is CCCNC(=O)[C@@H](C)N(Cc1cccc(C)c1)C(=O)CN(c1ccc(F)cc1)S(=O)(=O)c1ccccc1. The minimum atomic E-state index is -4.17. The largest absolute Gasteiger partial charge is 0.354 e. The maximum absolute atomic E-state index is 13.7. The number of carbonyl (C=O) groups excluding carboxylic acids is 2. The zero-order valence-electron chi connectivity index (χ0n) is 21.2. The quantitative estimate of drug-likeness (QED) is 0.405. The Labute approximate surface area is 218 Å². The second kappa shape index (κ2) is 12.5. The van der Waals surface area contributed by atoms with Gasteiger partial charge in [-0.25, -0.2) is 12.8 Å².